The molecular formula is C5H8N2. The molecule has 0 rings (SSSR count). The van der Waals surface area contributed by atoms with Crippen LogP contribution in [0.2, 0.25) is 0 Å². The Balaban J connectivity index is 2.87. The first-order valence-corrected chi connectivity index (χ1v) is 1.95. The first-order valence-electron chi connectivity index (χ1n) is 1.95. The maximum Gasteiger partial charge on any atom is 0.0758 e. The lowest BCUT2D eigenvalue weighted by molar-refractivity contribution is 1.00. The van der Waals surface area contributed by atoms with Crippen molar-refractivity contribution < 1.29 is 0 Å². The molecular weight excluding hydrogens is 88.1 g/mol. The summed E-state index contributed by atoms with van der Waals surface area (Å²) in [5, 5.41) is 2.74. The average molecular weight is 96.1 g/mol. The van der Waals surface area contributed by atoms with Crippen LogP contribution in [0.3, 0.4) is 0 Å². The quantitative estimate of drug-likeness (QED) is 0.364. The van der Waals surface area contributed by atoms with Crippen LogP contribution < -0.4 is 11.1 Å². The van der Waals surface area contributed by atoms with Crippen molar-refractivity contribution in [3.05, 3.63) is 12.4 Å². The third-order valence-corrected chi connectivity index (χ3v) is 0.418. The Bertz CT molecular complexity index is 88.7. The normalized spacial score (nSPS) is 8.43. The van der Waals surface area contributed by atoms with E-state index in [1.165, 1.54) is 6.20 Å². The molecule has 0 aromatic heterocycles. The van der Waals surface area contributed by atoms with E-state index >= 15 is 0 Å². The first kappa shape index (κ1) is 5.90. The third-order valence-electron chi connectivity index (χ3n) is 0.418. The fourth-order valence-electron chi connectivity index (χ4n) is 0.186. The Labute approximate surface area is 43.4 Å². The second-order valence-electron chi connectivity index (χ2n) is 0.944. The first-order chi connectivity index (χ1) is 3.41. The van der Waals surface area contributed by atoms with Gasteiger partial charge in [-0.2, -0.15) is 0 Å². The number of hydrogen-bond donors (Lipinski definition) is 2. The lowest BCUT2D eigenvalue weighted by Crippen LogP contribution is -2.04. The molecule has 0 bridgehead atoms. The molecule has 0 aliphatic heterocycles. The van der Waals surface area contributed by atoms with Crippen LogP contribution in [0.15, 0.2) is 12.4 Å². The van der Waals surface area contributed by atoms with Crippen molar-refractivity contribution in [3.8, 4) is 12.3 Å². The summed E-state index contributed by atoms with van der Waals surface area (Å²) in [7, 11) is 0. The van der Waals surface area contributed by atoms with E-state index in [-0.39, 0.29) is 0 Å². The minimum Gasteiger partial charge on any atom is -0.403 e. The van der Waals surface area contributed by atoms with Crippen molar-refractivity contribution in [2.24, 2.45) is 5.73 Å². The van der Waals surface area contributed by atoms with Gasteiger partial charge in [-0.1, -0.05) is 5.92 Å². The van der Waals surface area contributed by atoms with Crippen molar-refractivity contribution in [2.45, 2.75) is 0 Å². The highest BCUT2D eigenvalue weighted by molar-refractivity contribution is 4.89. The van der Waals surface area contributed by atoms with Gasteiger partial charge in [0, 0.05) is 12.4 Å². The minimum atomic E-state index is 0.535. The molecule has 0 aliphatic carbocycles. The predicted octanol–water partition coefficient (Wildman–Crippen LogP) is -0.361. The van der Waals surface area contributed by atoms with Crippen molar-refractivity contribution in [2.75, 3.05) is 6.54 Å². The lowest BCUT2D eigenvalue weighted by Gasteiger charge is -1.85. The molecule has 2 heteroatoms. The van der Waals surface area contributed by atoms with E-state index in [0.29, 0.717) is 6.54 Å². The molecule has 2 nitrogen and oxygen atoms in total. The summed E-state index contributed by atoms with van der Waals surface area (Å²) in [5.74, 6) is 2.38. The largest absolute Gasteiger partial charge is 0.403 e. The monoisotopic (exact) mass is 96.1 g/mol. The maximum absolute atomic E-state index is 4.96. The molecule has 38 valence electrons. The van der Waals surface area contributed by atoms with Crippen molar-refractivity contribution in [3.63, 3.8) is 0 Å². The summed E-state index contributed by atoms with van der Waals surface area (Å²) in [6, 6.07) is 0. The molecule has 0 aromatic carbocycles. The van der Waals surface area contributed by atoms with E-state index < -0.39 is 0 Å². The molecule has 0 radical (unpaired) electrons. The Kier molecular flexibility index (Phi) is 4.13. The number of hydrogen-bond acceptors (Lipinski definition) is 2. The molecule has 0 spiro atoms. The van der Waals surface area contributed by atoms with Gasteiger partial charge in [0.15, 0.2) is 0 Å². The second kappa shape index (κ2) is 4.90. The average Bonchev–Trinajstić information content (AvgIpc) is 1.69. The summed E-state index contributed by atoms with van der Waals surface area (Å²) in [5.41, 5.74) is 4.96. The van der Waals surface area contributed by atoms with Gasteiger partial charge in [-0.3, -0.25) is 0 Å². The van der Waals surface area contributed by atoms with Gasteiger partial charge in [-0.15, -0.1) is 6.42 Å². The molecule has 3 N–H and O–H groups in total. The molecule has 0 saturated carbocycles. The molecule has 0 aliphatic rings. The molecule has 0 amide bonds. The SMILES string of the molecule is C#CCN/C=C\N. The summed E-state index contributed by atoms with van der Waals surface area (Å²) in [6.45, 7) is 0.535. The number of nitrogens with two attached hydrogens (primary N) is 1. The van der Waals surface area contributed by atoms with E-state index in [4.69, 9.17) is 12.2 Å². The Hall–Kier alpha value is -1.10. The van der Waals surface area contributed by atoms with E-state index in [1.807, 2.05) is 0 Å². The van der Waals surface area contributed by atoms with Gasteiger partial charge in [0.05, 0.1) is 6.54 Å². The van der Waals surface area contributed by atoms with Crippen LogP contribution in [-0.2, 0) is 0 Å². The zero-order valence-electron chi connectivity index (χ0n) is 4.02. The Morgan fingerprint density at radius 2 is 2.57 bits per heavy atom. The number of rotatable bonds is 2. The minimum absolute atomic E-state index is 0.535. The number of nitrogens with one attached hydrogen (secondary N) is 1. The van der Waals surface area contributed by atoms with Crippen molar-refractivity contribution in [1.82, 2.24) is 5.32 Å². The molecule has 0 atom stereocenters. The van der Waals surface area contributed by atoms with Gasteiger partial charge in [0.2, 0.25) is 0 Å². The molecule has 0 aromatic rings. The fraction of sp³-hybridized carbons (Fsp3) is 0.200. The Morgan fingerprint density at radius 1 is 1.86 bits per heavy atom. The van der Waals surface area contributed by atoms with Crippen molar-refractivity contribution >= 4 is 0 Å². The van der Waals surface area contributed by atoms with Gasteiger partial charge in [0.25, 0.3) is 0 Å². The van der Waals surface area contributed by atoms with E-state index in [9.17, 15) is 0 Å². The smallest absolute Gasteiger partial charge is 0.0758 e. The van der Waals surface area contributed by atoms with Crippen LogP contribution in [0, 0.1) is 12.3 Å². The molecule has 0 fully saturated rings. The van der Waals surface area contributed by atoms with Crippen LogP contribution in [0.25, 0.3) is 0 Å². The Morgan fingerprint density at radius 3 is 3.00 bits per heavy atom. The fourth-order valence-corrected chi connectivity index (χ4v) is 0.186. The van der Waals surface area contributed by atoms with Gasteiger partial charge in [-0.25, -0.2) is 0 Å². The van der Waals surface area contributed by atoms with Gasteiger partial charge < -0.3 is 11.1 Å². The van der Waals surface area contributed by atoms with Crippen LogP contribution in [0.5, 0.6) is 0 Å². The topological polar surface area (TPSA) is 38.0 Å². The van der Waals surface area contributed by atoms with Crippen LogP contribution >= 0.6 is 0 Å². The summed E-state index contributed by atoms with van der Waals surface area (Å²) >= 11 is 0. The van der Waals surface area contributed by atoms with E-state index in [2.05, 4.69) is 11.2 Å². The standard InChI is InChI=1S/C5H8N2/c1-2-4-7-5-3-6/h1,3,5,7H,4,6H2/b5-3-. The van der Waals surface area contributed by atoms with Gasteiger partial charge >= 0.3 is 0 Å². The maximum atomic E-state index is 4.96. The van der Waals surface area contributed by atoms with Gasteiger partial charge in [0.1, 0.15) is 0 Å². The third kappa shape index (κ3) is 4.90. The predicted molar refractivity (Wildman–Crippen MR) is 30.2 cm³/mol. The van der Waals surface area contributed by atoms with Crippen LogP contribution in [0.4, 0.5) is 0 Å². The van der Waals surface area contributed by atoms with Gasteiger partial charge in [-0.05, 0) is 0 Å². The van der Waals surface area contributed by atoms with Crippen molar-refractivity contribution in [1.29, 1.82) is 0 Å². The lowest BCUT2D eigenvalue weighted by atomic mass is 10.7. The highest BCUT2D eigenvalue weighted by Crippen LogP contribution is 1.52. The van der Waals surface area contributed by atoms with Crippen LogP contribution in [-0.4, -0.2) is 6.54 Å². The summed E-state index contributed by atoms with van der Waals surface area (Å²) in [4.78, 5) is 0. The molecule has 7 heavy (non-hydrogen) atoms. The van der Waals surface area contributed by atoms with Crippen LogP contribution in [0.1, 0.15) is 0 Å². The van der Waals surface area contributed by atoms with E-state index in [1.54, 1.807) is 6.20 Å². The molecule has 0 saturated heterocycles. The molecule has 0 unspecified atom stereocenters. The highest BCUT2D eigenvalue weighted by Gasteiger charge is 1.62. The second-order valence-corrected chi connectivity index (χ2v) is 0.944. The zero-order valence-corrected chi connectivity index (χ0v) is 4.02. The number of terminal acetylenes is 1. The zero-order chi connectivity index (χ0) is 5.54. The summed E-state index contributed by atoms with van der Waals surface area (Å²) < 4.78 is 0. The molecule has 0 heterocycles. The summed E-state index contributed by atoms with van der Waals surface area (Å²) in [6.07, 6.45) is 7.88. The highest BCUT2D eigenvalue weighted by atomic mass is 14.8. The van der Waals surface area contributed by atoms with E-state index in [0.717, 1.165) is 0 Å².